The largest absolute Gasteiger partial charge is 0.483 e. The highest BCUT2D eigenvalue weighted by atomic mass is 16.5. The van der Waals surface area contributed by atoms with Crippen LogP contribution in [-0.4, -0.2) is 11.9 Å². The minimum Gasteiger partial charge on any atom is -0.483 e. The lowest BCUT2D eigenvalue weighted by molar-refractivity contribution is -0.122. The maximum absolute atomic E-state index is 11.0. The van der Waals surface area contributed by atoms with Gasteiger partial charge >= 0.3 is 0 Å². The fourth-order valence-corrected chi connectivity index (χ4v) is 1.22. The predicted molar refractivity (Wildman–Crippen MR) is 61.3 cm³/mol. The lowest BCUT2D eigenvalue weighted by Crippen LogP contribution is -2.20. The zero-order chi connectivity index (χ0) is 11.4. The number of hydrogen-bond donors (Lipinski definition) is 0. The normalized spacial score (nSPS) is 12.6. The van der Waals surface area contributed by atoms with Gasteiger partial charge in [-0.1, -0.05) is 26.0 Å². The fraction of sp³-hybridized carbons (Fsp3) is 0.462. The second-order valence-electron chi connectivity index (χ2n) is 4.09. The van der Waals surface area contributed by atoms with Crippen LogP contribution in [0, 0.1) is 0 Å². The van der Waals surface area contributed by atoms with Gasteiger partial charge in [0.25, 0.3) is 0 Å². The predicted octanol–water partition coefficient (Wildman–Crippen LogP) is 3.17. The highest BCUT2D eigenvalue weighted by Gasteiger charge is 2.08. The summed E-state index contributed by atoms with van der Waals surface area (Å²) >= 11 is 0. The van der Waals surface area contributed by atoms with E-state index in [1.807, 2.05) is 24.3 Å². The Hall–Kier alpha value is -1.31. The van der Waals surface area contributed by atoms with Crippen molar-refractivity contribution >= 4 is 5.78 Å². The molecule has 0 aliphatic heterocycles. The fourth-order valence-electron chi connectivity index (χ4n) is 1.22. The van der Waals surface area contributed by atoms with Crippen molar-refractivity contribution < 1.29 is 9.53 Å². The van der Waals surface area contributed by atoms with E-state index in [0.29, 0.717) is 5.92 Å². The van der Waals surface area contributed by atoms with Crippen LogP contribution in [0.1, 0.15) is 39.2 Å². The van der Waals surface area contributed by atoms with Gasteiger partial charge in [-0.2, -0.15) is 0 Å². The molecule has 0 aliphatic carbocycles. The molecule has 0 heterocycles. The van der Waals surface area contributed by atoms with Crippen LogP contribution in [-0.2, 0) is 4.79 Å². The number of Topliss-reactive ketones (excluding diaryl/α,β-unsaturated/α-hetero) is 1. The van der Waals surface area contributed by atoms with Crippen molar-refractivity contribution in [1.82, 2.24) is 0 Å². The van der Waals surface area contributed by atoms with Crippen molar-refractivity contribution in [3.05, 3.63) is 29.8 Å². The number of carbonyl (C=O) groups excluding carboxylic acids is 1. The first-order chi connectivity index (χ1) is 7.00. The number of ketones is 1. The Morgan fingerprint density at radius 1 is 1.13 bits per heavy atom. The first-order valence-corrected chi connectivity index (χ1v) is 5.27. The van der Waals surface area contributed by atoms with E-state index in [9.17, 15) is 4.79 Å². The lowest BCUT2D eigenvalue weighted by atomic mass is 10.0. The Labute approximate surface area is 91.3 Å². The minimum atomic E-state index is -0.366. The highest BCUT2D eigenvalue weighted by molar-refractivity contribution is 5.80. The van der Waals surface area contributed by atoms with Crippen molar-refractivity contribution in [2.75, 3.05) is 0 Å². The number of benzene rings is 1. The molecule has 0 saturated carbocycles. The minimum absolute atomic E-state index is 0.0444. The van der Waals surface area contributed by atoms with E-state index in [1.54, 1.807) is 6.92 Å². The molecule has 0 N–H and O–H groups in total. The molecule has 2 heteroatoms. The van der Waals surface area contributed by atoms with Crippen molar-refractivity contribution in [2.24, 2.45) is 0 Å². The van der Waals surface area contributed by atoms with Gasteiger partial charge in [-0.3, -0.25) is 4.79 Å². The van der Waals surface area contributed by atoms with Gasteiger partial charge in [0.15, 0.2) is 11.9 Å². The van der Waals surface area contributed by atoms with Crippen molar-refractivity contribution in [3.8, 4) is 5.75 Å². The van der Waals surface area contributed by atoms with Crippen molar-refractivity contribution in [1.29, 1.82) is 0 Å². The summed E-state index contributed by atoms with van der Waals surface area (Å²) < 4.78 is 5.46. The summed E-state index contributed by atoms with van der Waals surface area (Å²) in [6, 6.07) is 7.89. The monoisotopic (exact) mass is 206 g/mol. The van der Waals surface area contributed by atoms with E-state index >= 15 is 0 Å². The van der Waals surface area contributed by atoms with Crippen LogP contribution in [0.3, 0.4) is 0 Å². The Kier molecular flexibility index (Phi) is 3.89. The molecule has 15 heavy (non-hydrogen) atoms. The number of carbonyl (C=O) groups is 1. The molecule has 2 nitrogen and oxygen atoms in total. The molecule has 0 radical (unpaired) electrons. The summed E-state index contributed by atoms with van der Waals surface area (Å²) in [6.07, 6.45) is -0.366. The zero-order valence-electron chi connectivity index (χ0n) is 9.78. The first kappa shape index (κ1) is 11.8. The van der Waals surface area contributed by atoms with E-state index < -0.39 is 0 Å². The van der Waals surface area contributed by atoms with Crippen LogP contribution in [0.15, 0.2) is 24.3 Å². The van der Waals surface area contributed by atoms with Crippen LogP contribution < -0.4 is 4.74 Å². The van der Waals surface area contributed by atoms with Crippen molar-refractivity contribution in [2.45, 2.75) is 39.7 Å². The van der Waals surface area contributed by atoms with Gasteiger partial charge < -0.3 is 4.74 Å². The molecule has 0 bridgehead atoms. The molecule has 1 aromatic rings. The highest BCUT2D eigenvalue weighted by Crippen LogP contribution is 2.19. The van der Waals surface area contributed by atoms with Gasteiger partial charge in [-0.15, -0.1) is 0 Å². The summed E-state index contributed by atoms with van der Waals surface area (Å²) in [5, 5.41) is 0. The second-order valence-corrected chi connectivity index (χ2v) is 4.09. The third-order valence-corrected chi connectivity index (χ3v) is 2.43. The second kappa shape index (κ2) is 4.96. The topological polar surface area (TPSA) is 26.3 Å². The van der Waals surface area contributed by atoms with Crippen LogP contribution in [0.2, 0.25) is 0 Å². The van der Waals surface area contributed by atoms with Gasteiger partial charge in [0.05, 0.1) is 0 Å². The van der Waals surface area contributed by atoms with E-state index in [1.165, 1.54) is 12.5 Å². The molecule has 0 fully saturated rings. The number of hydrogen-bond acceptors (Lipinski definition) is 2. The summed E-state index contributed by atoms with van der Waals surface area (Å²) in [5.74, 6) is 1.31. The van der Waals surface area contributed by atoms with E-state index in [4.69, 9.17) is 4.74 Å². The molecule has 0 spiro atoms. The third kappa shape index (κ3) is 3.39. The molecule has 0 saturated heterocycles. The summed E-state index contributed by atoms with van der Waals surface area (Å²) in [6.45, 7) is 7.59. The Bertz CT molecular complexity index is 325. The molecule has 1 unspecified atom stereocenters. The SMILES string of the molecule is CC(=O)C(C)Oc1ccc(C(C)C)cc1. The summed E-state index contributed by atoms with van der Waals surface area (Å²) in [4.78, 5) is 11.0. The third-order valence-electron chi connectivity index (χ3n) is 2.43. The van der Waals surface area contributed by atoms with Crippen LogP contribution in [0.4, 0.5) is 0 Å². The maximum atomic E-state index is 11.0. The molecular weight excluding hydrogens is 188 g/mol. The molecule has 0 amide bonds. The van der Waals surface area contributed by atoms with Gasteiger partial charge in [-0.25, -0.2) is 0 Å². The maximum Gasteiger partial charge on any atom is 0.169 e. The quantitative estimate of drug-likeness (QED) is 0.756. The van der Waals surface area contributed by atoms with Gasteiger partial charge in [0, 0.05) is 0 Å². The van der Waals surface area contributed by atoms with Gasteiger partial charge in [0.2, 0.25) is 0 Å². The van der Waals surface area contributed by atoms with Crippen LogP contribution in [0.5, 0.6) is 5.75 Å². The van der Waals surface area contributed by atoms with E-state index in [0.717, 1.165) is 5.75 Å². The van der Waals surface area contributed by atoms with E-state index in [-0.39, 0.29) is 11.9 Å². The number of ether oxygens (including phenoxy) is 1. The Balaban J connectivity index is 2.68. The van der Waals surface area contributed by atoms with Gasteiger partial charge in [-0.05, 0) is 37.5 Å². The summed E-state index contributed by atoms with van der Waals surface area (Å²) in [5.41, 5.74) is 1.28. The molecule has 1 rings (SSSR count). The standard InChI is InChI=1S/C13H18O2/c1-9(2)12-5-7-13(8-6-12)15-11(4)10(3)14/h5-9,11H,1-4H3. The lowest BCUT2D eigenvalue weighted by Gasteiger charge is -2.12. The summed E-state index contributed by atoms with van der Waals surface area (Å²) in [7, 11) is 0. The Morgan fingerprint density at radius 2 is 1.67 bits per heavy atom. The first-order valence-electron chi connectivity index (χ1n) is 5.27. The molecule has 0 aliphatic rings. The average Bonchev–Trinajstić information content (AvgIpc) is 2.18. The molecule has 82 valence electrons. The smallest absolute Gasteiger partial charge is 0.169 e. The molecular formula is C13H18O2. The van der Waals surface area contributed by atoms with Crippen LogP contribution >= 0.6 is 0 Å². The Morgan fingerprint density at radius 3 is 2.07 bits per heavy atom. The van der Waals surface area contributed by atoms with Crippen molar-refractivity contribution in [3.63, 3.8) is 0 Å². The molecule has 1 atom stereocenters. The zero-order valence-corrected chi connectivity index (χ0v) is 9.78. The van der Waals surface area contributed by atoms with Crippen LogP contribution in [0.25, 0.3) is 0 Å². The van der Waals surface area contributed by atoms with E-state index in [2.05, 4.69) is 13.8 Å². The molecule has 0 aromatic heterocycles. The average molecular weight is 206 g/mol. The number of rotatable bonds is 4. The molecule has 1 aromatic carbocycles. The van der Waals surface area contributed by atoms with Gasteiger partial charge in [0.1, 0.15) is 5.75 Å².